The summed E-state index contributed by atoms with van der Waals surface area (Å²) in [4.78, 5) is 0. The molecule has 1 rings (SSSR count). The Morgan fingerprint density at radius 3 is 2.30 bits per heavy atom. The van der Waals surface area contributed by atoms with Gasteiger partial charge in [-0.1, -0.05) is 13.3 Å². The molecule has 0 nitrogen and oxygen atoms in total. The zero-order valence-electron chi connectivity index (χ0n) is 5.82. The second-order valence-electron chi connectivity index (χ2n) is 1.66. The van der Waals surface area contributed by atoms with Crippen molar-refractivity contribution < 1.29 is 35.6 Å². The van der Waals surface area contributed by atoms with Gasteiger partial charge >= 0.3 is 26.2 Å². The molecule has 0 aromatic rings. The van der Waals surface area contributed by atoms with Crippen LogP contribution in [0.4, 0.5) is 0 Å². The zero-order valence-corrected chi connectivity index (χ0v) is 8.28. The summed E-state index contributed by atoms with van der Waals surface area (Å²) in [7, 11) is 0. The van der Waals surface area contributed by atoms with Crippen LogP contribution in [-0.4, -0.2) is 0 Å². The van der Waals surface area contributed by atoms with Gasteiger partial charge in [0.2, 0.25) is 0 Å². The van der Waals surface area contributed by atoms with Gasteiger partial charge in [0.1, 0.15) is 0 Å². The second kappa shape index (κ2) is 9.22. The molecule has 1 radical (unpaired) electrons. The van der Waals surface area contributed by atoms with Crippen LogP contribution in [0.1, 0.15) is 19.8 Å². The normalized spacial score (nSPS) is 12.3. The molecular formula is C7H9F2Zr. The molecule has 1 aliphatic carbocycles. The molecule has 0 fully saturated rings. The van der Waals surface area contributed by atoms with Crippen LogP contribution >= 0.6 is 0 Å². The van der Waals surface area contributed by atoms with Crippen LogP contribution in [0.5, 0.6) is 0 Å². The molecule has 0 saturated heterocycles. The third-order valence-electron chi connectivity index (χ3n) is 1.15. The van der Waals surface area contributed by atoms with E-state index in [1.54, 1.807) is 0 Å². The van der Waals surface area contributed by atoms with Crippen molar-refractivity contribution in [1.82, 2.24) is 0 Å². The number of rotatable bonds is 1. The van der Waals surface area contributed by atoms with Crippen molar-refractivity contribution >= 4 is 0 Å². The van der Waals surface area contributed by atoms with Crippen molar-refractivity contribution in [2.75, 3.05) is 0 Å². The van der Waals surface area contributed by atoms with E-state index < -0.39 is 0 Å². The quantitative estimate of drug-likeness (QED) is 0.398. The van der Waals surface area contributed by atoms with Gasteiger partial charge in [-0.3, -0.25) is 6.08 Å². The van der Waals surface area contributed by atoms with E-state index in [9.17, 15) is 0 Å². The molecule has 0 N–H and O–H groups in total. The molecule has 0 amide bonds. The van der Waals surface area contributed by atoms with Gasteiger partial charge in [0.25, 0.3) is 0 Å². The largest absolute Gasteiger partial charge is 3.00 e. The summed E-state index contributed by atoms with van der Waals surface area (Å²) in [5, 5.41) is 0. The fourth-order valence-corrected chi connectivity index (χ4v) is 0.693. The summed E-state index contributed by atoms with van der Waals surface area (Å²) in [5.74, 6) is 0. The first-order valence-corrected chi connectivity index (χ1v) is 2.69. The summed E-state index contributed by atoms with van der Waals surface area (Å²) in [6.45, 7) is 2.15. The van der Waals surface area contributed by atoms with Gasteiger partial charge in [-0.2, -0.15) is 6.08 Å². The van der Waals surface area contributed by atoms with Crippen LogP contribution in [0.3, 0.4) is 0 Å². The predicted molar refractivity (Wildman–Crippen MR) is 30.8 cm³/mol. The van der Waals surface area contributed by atoms with Crippen molar-refractivity contribution in [2.45, 2.75) is 19.8 Å². The minimum atomic E-state index is 0. The fourth-order valence-electron chi connectivity index (χ4n) is 0.693. The summed E-state index contributed by atoms with van der Waals surface area (Å²) >= 11 is 0. The Balaban J connectivity index is -0.000000163. The van der Waals surface area contributed by atoms with Crippen LogP contribution in [0.15, 0.2) is 17.7 Å². The van der Waals surface area contributed by atoms with E-state index in [0.29, 0.717) is 0 Å². The first-order chi connectivity index (χ1) is 3.43. The van der Waals surface area contributed by atoms with Crippen molar-refractivity contribution in [3.63, 3.8) is 0 Å². The molecule has 0 heterocycles. The maximum Gasteiger partial charge on any atom is 3.00 e. The predicted octanol–water partition coefficient (Wildman–Crippen LogP) is -3.91. The summed E-state index contributed by atoms with van der Waals surface area (Å²) < 4.78 is 0. The maximum atomic E-state index is 3.21. The summed E-state index contributed by atoms with van der Waals surface area (Å²) in [6.07, 6.45) is 9.65. The fraction of sp³-hybridized carbons (Fsp3) is 0.429. The first kappa shape index (κ1) is 16.7. The molecule has 0 aromatic heterocycles. The van der Waals surface area contributed by atoms with Gasteiger partial charge in [-0.05, 0) is 0 Å². The second-order valence-corrected chi connectivity index (χ2v) is 1.66. The Kier molecular flexibility index (Phi) is 15.4. The van der Waals surface area contributed by atoms with E-state index in [2.05, 4.69) is 25.2 Å². The average Bonchev–Trinajstić information content (AvgIpc) is 2.14. The van der Waals surface area contributed by atoms with Gasteiger partial charge < -0.3 is 9.41 Å². The van der Waals surface area contributed by atoms with Gasteiger partial charge in [0.05, 0.1) is 0 Å². The zero-order chi connectivity index (χ0) is 5.11. The smallest absolute Gasteiger partial charge is 1.00 e. The minimum Gasteiger partial charge on any atom is -1.00 e. The van der Waals surface area contributed by atoms with E-state index in [0.717, 1.165) is 12.8 Å². The monoisotopic (exact) mass is 221 g/mol. The molecule has 0 atom stereocenters. The number of hydrogen-bond donors (Lipinski definition) is 0. The van der Waals surface area contributed by atoms with Crippen molar-refractivity contribution in [3.8, 4) is 0 Å². The van der Waals surface area contributed by atoms with E-state index in [1.807, 2.05) is 0 Å². The SMILES string of the molecule is CCC1=[C-]CC=C1.[F-].[F-].[Zr+3]. The molecule has 0 aromatic carbocycles. The number of halogens is 2. The number of hydrogen-bond acceptors (Lipinski definition) is 0. The van der Waals surface area contributed by atoms with Crippen LogP contribution < -0.4 is 9.41 Å². The first-order valence-electron chi connectivity index (χ1n) is 2.69. The Labute approximate surface area is 79.2 Å². The third-order valence-corrected chi connectivity index (χ3v) is 1.15. The van der Waals surface area contributed by atoms with Gasteiger partial charge in [-0.15, -0.1) is 6.42 Å². The standard InChI is InChI=1S/C7H9.2FH.Zr/c1-2-7-5-3-4-6-7;;;/h3,5H,2,4H2,1H3;2*1H;/q-1;;;+3/p-2. The molecule has 0 bridgehead atoms. The topological polar surface area (TPSA) is 0 Å². The van der Waals surface area contributed by atoms with Crippen LogP contribution in [0.2, 0.25) is 0 Å². The molecule has 3 heteroatoms. The number of allylic oxidation sites excluding steroid dienone is 4. The summed E-state index contributed by atoms with van der Waals surface area (Å²) in [5.41, 5.74) is 1.36. The van der Waals surface area contributed by atoms with E-state index in [4.69, 9.17) is 0 Å². The average molecular weight is 222 g/mol. The van der Waals surface area contributed by atoms with E-state index >= 15 is 0 Å². The molecule has 10 heavy (non-hydrogen) atoms. The van der Waals surface area contributed by atoms with Crippen molar-refractivity contribution in [2.24, 2.45) is 0 Å². The van der Waals surface area contributed by atoms with Crippen molar-refractivity contribution in [1.29, 1.82) is 0 Å². The van der Waals surface area contributed by atoms with Crippen LogP contribution in [0, 0.1) is 6.08 Å². The minimum absolute atomic E-state index is 0. The Morgan fingerprint density at radius 1 is 1.50 bits per heavy atom. The van der Waals surface area contributed by atoms with Gasteiger partial charge in [0.15, 0.2) is 0 Å². The van der Waals surface area contributed by atoms with Crippen LogP contribution in [-0.2, 0) is 26.2 Å². The van der Waals surface area contributed by atoms with Crippen LogP contribution in [0.25, 0.3) is 0 Å². The van der Waals surface area contributed by atoms with Gasteiger partial charge in [-0.25, -0.2) is 11.6 Å². The Hall–Kier alpha value is 0.223. The molecule has 55 valence electrons. The third kappa shape index (κ3) is 5.04. The molecule has 0 spiro atoms. The molecule has 0 unspecified atom stereocenters. The van der Waals surface area contributed by atoms with Crippen molar-refractivity contribution in [3.05, 3.63) is 23.8 Å². The summed E-state index contributed by atoms with van der Waals surface area (Å²) in [6, 6.07) is 0. The maximum absolute atomic E-state index is 3.21. The van der Waals surface area contributed by atoms with Gasteiger partial charge in [0, 0.05) is 0 Å². The molecule has 1 aliphatic rings. The van der Waals surface area contributed by atoms with E-state index in [1.165, 1.54) is 5.57 Å². The molecular weight excluding hydrogens is 213 g/mol. The Bertz CT molecular complexity index is 119. The molecule has 0 saturated carbocycles. The van der Waals surface area contributed by atoms with E-state index in [-0.39, 0.29) is 35.6 Å². The molecule has 0 aliphatic heterocycles. The Morgan fingerprint density at radius 2 is 2.10 bits per heavy atom.